The van der Waals surface area contributed by atoms with E-state index in [1.54, 1.807) is 24.3 Å². The SMILES string of the molecule is O=C(CC1NC(=O)NC1=O)Nc1ccc(OCc2ccccc2)cc1. The monoisotopic (exact) mass is 339 g/mol. The van der Waals surface area contributed by atoms with Gasteiger partial charge in [0.05, 0.1) is 6.42 Å². The van der Waals surface area contributed by atoms with E-state index in [-0.39, 0.29) is 12.3 Å². The first kappa shape index (κ1) is 16.5. The molecule has 1 aliphatic heterocycles. The van der Waals surface area contributed by atoms with E-state index >= 15 is 0 Å². The molecule has 1 unspecified atom stereocenters. The van der Waals surface area contributed by atoms with Gasteiger partial charge in [-0.2, -0.15) is 0 Å². The van der Waals surface area contributed by atoms with E-state index in [0.717, 1.165) is 5.56 Å². The number of rotatable bonds is 6. The molecule has 1 saturated heterocycles. The minimum atomic E-state index is -0.832. The third-order valence-electron chi connectivity index (χ3n) is 3.63. The van der Waals surface area contributed by atoms with Gasteiger partial charge in [0.1, 0.15) is 18.4 Å². The van der Waals surface area contributed by atoms with Crippen molar-refractivity contribution in [1.82, 2.24) is 10.6 Å². The van der Waals surface area contributed by atoms with Gasteiger partial charge in [0.2, 0.25) is 5.91 Å². The second kappa shape index (κ2) is 7.48. The van der Waals surface area contributed by atoms with Gasteiger partial charge in [-0.3, -0.25) is 14.9 Å². The average molecular weight is 339 g/mol. The molecule has 1 atom stereocenters. The zero-order valence-electron chi connectivity index (χ0n) is 13.3. The molecule has 1 heterocycles. The minimum Gasteiger partial charge on any atom is -0.489 e. The third kappa shape index (κ3) is 4.57. The summed E-state index contributed by atoms with van der Waals surface area (Å²) in [6.07, 6.45) is -0.121. The Balaban J connectivity index is 1.49. The van der Waals surface area contributed by atoms with E-state index in [9.17, 15) is 14.4 Å². The Bertz CT molecular complexity index is 775. The summed E-state index contributed by atoms with van der Waals surface area (Å²) in [4.78, 5) is 34.4. The molecule has 25 heavy (non-hydrogen) atoms. The van der Waals surface area contributed by atoms with Crippen molar-refractivity contribution in [2.75, 3.05) is 5.32 Å². The zero-order valence-corrected chi connectivity index (χ0v) is 13.3. The highest BCUT2D eigenvalue weighted by Crippen LogP contribution is 2.17. The summed E-state index contributed by atoms with van der Waals surface area (Å²) in [7, 11) is 0. The van der Waals surface area contributed by atoms with Crippen LogP contribution in [-0.2, 0) is 16.2 Å². The number of urea groups is 1. The van der Waals surface area contributed by atoms with E-state index in [1.807, 2.05) is 30.3 Å². The molecule has 128 valence electrons. The van der Waals surface area contributed by atoms with Crippen molar-refractivity contribution >= 4 is 23.5 Å². The highest BCUT2D eigenvalue weighted by Gasteiger charge is 2.31. The lowest BCUT2D eigenvalue weighted by Crippen LogP contribution is -2.33. The van der Waals surface area contributed by atoms with Crippen molar-refractivity contribution in [3.63, 3.8) is 0 Å². The lowest BCUT2D eigenvalue weighted by molar-refractivity contribution is -0.124. The maximum Gasteiger partial charge on any atom is 0.322 e. The summed E-state index contributed by atoms with van der Waals surface area (Å²) < 4.78 is 5.67. The normalized spacial score (nSPS) is 16.1. The highest BCUT2D eigenvalue weighted by atomic mass is 16.5. The van der Waals surface area contributed by atoms with Crippen LogP contribution in [-0.4, -0.2) is 23.9 Å². The van der Waals surface area contributed by atoms with E-state index in [0.29, 0.717) is 18.0 Å². The number of imide groups is 1. The summed E-state index contributed by atoms with van der Waals surface area (Å²) in [5.74, 6) is -0.172. The van der Waals surface area contributed by atoms with Crippen LogP contribution >= 0.6 is 0 Å². The first-order valence-electron chi connectivity index (χ1n) is 7.78. The minimum absolute atomic E-state index is 0.121. The molecule has 0 bridgehead atoms. The molecule has 4 amide bonds. The lowest BCUT2D eigenvalue weighted by Gasteiger charge is -2.10. The Labute approximate surface area is 144 Å². The van der Waals surface area contributed by atoms with Crippen molar-refractivity contribution in [2.24, 2.45) is 0 Å². The van der Waals surface area contributed by atoms with Gasteiger partial charge in [-0.25, -0.2) is 4.79 Å². The second-order valence-corrected chi connectivity index (χ2v) is 5.57. The molecule has 3 N–H and O–H groups in total. The molecule has 2 aromatic rings. The van der Waals surface area contributed by atoms with Crippen LogP contribution < -0.4 is 20.7 Å². The van der Waals surface area contributed by atoms with Gasteiger partial charge in [-0.15, -0.1) is 0 Å². The third-order valence-corrected chi connectivity index (χ3v) is 3.63. The van der Waals surface area contributed by atoms with Crippen molar-refractivity contribution in [1.29, 1.82) is 0 Å². The van der Waals surface area contributed by atoms with Crippen LogP contribution in [0.2, 0.25) is 0 Å². The van der Waals surface area contributed by atoms with E-state index < -0.39 is 18.0 Å². The molecule has 0 radical (unpaired) electrons. The number of benzene rings is 2. The Morgan fingerprint density at radius 2 is 1.76 bits per heavy atom. The van der Waals surface area contributed by atoms with Crippen molar-refractivity contribution in [3.05, 3.63) is 60.2 Å². The molecule has 0 aromatic heterocycles. The van der Waals surface area contributed by atoms with E-state index in [2.05, 4.69) is 16.0 Å². The first-order chi connectivity index (χ1) is 12.1. The van der Waals surface area contributed by atoms with Gasteiger partial charge in [0, 0.05) is 5.69 Å². The number of amides is 4. The summed E-state index contributed by atoms with van der Waals surface area (Å²) in [5, 5.41) is 7.15. The first-order valence-corrected chi connectivity index (χ1v) is 7.78. The summed E-state index contributed by atoms with van der Waals surface area (Å²) in [6.45, 7) is 0.461. The predicted octanol–water partition coefficient (Wildman–Crippen LogP) is 1.80. The molecule has 7 heteroatoms. The average Bonchev–Trinajstić information content (AvgIpc) is 2.92. The lowest BCUT2D eigenvalue weighted by atomic mass is 10.2. The number of carbonyl (C=O) groups excluding carboxylic acids is 3. The summed E-state index contributed by atoms with van der Waals surface area (Å²) in [5.41, 5.74) is 1.65. The number of carbonyl (C=O) groups is 3. The Morgan fingerprint density at radius 1 is 1.04 bits per heavy atom. The van der Waals surface area contributed by atoms with E-state index in [4.69, 9.17) is 4.74 Å². The number of anilines is 1. The van der Waals surface area contributed by atoms with Gasteiger partial charge in [-0.1, -0.05) is 30.3 Å². The van der Waals surface area contributed by atoms with Gasteiger partial charge < -0.3 is 15.4 Å². The van der Waals surface area contributed by atoms with Crippen LogP contribution in [0.15, 0.2) is 54.6 Å². The van der Waals surface area contributed by atoms with Crippen molar-refractivity contribution in [3.8, 4) is 5.75 Å². The van der Waals surface area contributed by atoms with Gasteiger partial charge in [0.25, 0.3) is 5.91 Å². The van der Waals surface area contributed by atoms with Crippen LogP contribution in [0.1, 0.15) is 12.0 Å². The highest BCUT2D eigenvalue weighted by molar-refractivity contribution is 6.06. The van der Waals surface area contributed by atoms with Crippen LogP contribution in [0.4, 0.5) is 10.5 Å². The Kier molecular flexibility index (Phi) is 4.94. The number of nitrogens with one attached hydrogen (secondary N) is 3. The maximum absolute atomic E-state index is 11.9. The maximum atomic E-state index is 11.9. The van der Waals surface area contributed by atoms with Gasteiger partial charge in [0.15, 0.2) is 0 Å². The Morgan fingerprint density at radius 3 is 2.40 bits per heavy atom. The molecule has 0 spiro atoms. The molecule has 3 rings (SSSR count). The van der Waals surface area contributed by atoms with Crippen LogP contribution in [0, 0.1) is 0 Å². The molecule has 0 aliphatic carbocycles. The van der Waals surface area contributed by atoms with Crippen molar-refractivity contribution < 1.29 is 19.1 Å². The predicted molar refractivity (Wildman–Crippen MR) is 90.9 cm³/mol. The zero-order chi connectivity index (χ0) is 17.6. The fraction of sp³-hybridized carbons (Fsp3) is 0.167. The molecule has 2 aromatic carbocycles. The second-order valence-electron chi connectivity index (χ2n) is 5.57. The van der Waals surface area contributed by atoms with Gasteiger partial charge in [-0.05, 0) is 29.8 Å². The van der Waals surface area contributed by atoms with Gasteiger partial charge >= 0.3 is 6.03 Å². The van der Waals surface area contributed by atoms with Crippen LogP contribution in [0.5, 0.6) is 5.75 Å². The summed E-state index contributed by atoms with van der Waals surface area (Å²) in [6, 6.07) is 15.3. The molecule has 1 fully saturated rings. The van der Waals surface area contributed by atoms with Crippen LogP contribution in [0.3, 0.4) is 0 Å². The molecule has 0 saturated carbocycles. The van der Waals surface area contributed by atoms with Crippen molar-refractivity contribution in [2.45, 2.75) is 19.1 Å². The fourth-order valence-corrected chi connectivity index (χ4v) is 2.38. The largest absolute Gasteiger partial charge is 0.489 e. The van der Waals surface area contributed by atoms with E-state index in [1.165, 1.54) is 0 Å². The molecule has 1 aliphatic rings. The molecule has 7 nitrogen and oxygen atoms in total. The number of hydrogen-bond donors (Lipinski definition) is 3. The quantitative estimate of drug-likeness (QED) is 0.699. The summed E-state index contributed by atoms with van der Waals surface area (Å²) >= 11 is 0. The molecular formula is C18H17N3O4. The standard InChI is InChI=1S/C18H17N3O4/c22-16(10-15-17(23)21-18(24)20-15)19-13-6-8-14(9-7-13)25-11-12-4-2-1-3-5-12/h1-9,15H,10-11H2,(H,19,22)(H2,20,21,23,24). The number of ether oxygens (including phenoxy) is 1. The molecular weight excluding hydrogens is 322 g/mol. The Hall–Kier alpha value is -3.35. The number of hydrogen-bond acceptors (Lipinski definition) is 4. The smallest absolute Gasteiger partial charge is 0.322 e. The topological polar surface area (TPSA) is 96.5 Å². The fourth-order valence-electron chi connectivity index (χ4n) is 2.38. The van der Waals surface area contributed by atoms with Crippen LogP contribution in [0.25, 0.3) is 0 Å².